The fourth-order valence-corrected chi connectivity index (χ4v) is 5.13. The summed E-state index contributed by atoms with van der Waals surface area (Å²) in [7, 11) is 1.79. The summed E-state index contributed by atoms with van der Waals surface area (Å²) in [6.07, 6.45) is 9.32. The summed E-state index contributed by atoms with van der Waals surface area (Å²) < 4.78 is 23.1. The molecule has 0 saturated heterocycles. The number of carboxylic acids is 1. The standard InChI is InChI=1S/C27H29FN2O3/c1-30-16-19(15-25(31)32)27(29-30)18-12-13-24(33-20-8-2-3-9-20)22(14-18)21-10-5-11-23(28)26(21)17-6-4-7-17/h5,10-14,16-17,20H,2-4,6-9,15H2,1H3,(H,31,32). The van der Waals surface area contributed by atoms with Crippen LogP contribution in [-0.2, 0) is 18.3 Å². The Labute approximate surface area is 193 Å². The first-order chi connectivity index (χ1) is 16.0. The van der Waals surface area contributed by atoms with Crippen molar-refractivity contribution < 1.29 is 19.0 Å². The van der Waals surface area contributed by atoms with Crippen LogP contribution in [0.2, 0.25) is 0 Å². The Morgan fingerprint density at radius 1 is 1.12 bits per heavy atom. The first kappa shape index (κ1) is 21.7. The summed E-state index contributed by atoms with van der Waals surface area (Å²) in [5.74, 6) is -0.0870. The highest BCUT2D eigenvalue weighted by atomic mass is 19.1. The molecule has 0 atom stereocenters. The Balaban J connectivity index is 1.64. The lowest BCUT2D eigenvalue weighted by molar-refractivity contribution is -0.136. The van der Waals surface area contributed by atoms with Gasteiger partial charge < -0.3 is 9.84 Å². The predicted octanol–water partition coefficient (Wildman–Crippen LogP) is 6.11. The van der Waals surface area contributed by atoms with Crippen LogP contribution in [0.15, 0.2) is 42.6 Å². The summed E-state index contributed by atoms with van der Waals surface area (Å²) in [5, 5.41) is 13.9. The Hall–Kier alpha value is -3.15. The van der Waals surface area contributed by atoms with Crippen molar-refractivity contribution in [1.82, 2.24) is 9.78 Å². The smallest absolute Gasteiger partial charge is 0.307 e. The molecule has 2 aromatic carbocycles. The second-order valence-corrected chi connectivity index (χ2v) is 9.31. The van der Waals surface area contributed by atoms with Crippen LogP contribution < -0.4 is 4.74 Å². The first-order valence-corrected chi connectivity index (χ1v) is 11.8. The van der Waals surface area contributed by atoms with Crippen molar-refractivity contribution in [1.29, 1.82) is 0 Å². The molecule has 5 nitrogen and oxygen atoms in total. The summed E-state index contributed by atoms with van der Waals surface area (Å²) in [5.41, 5.74) is 4.58. The Bertz CT molecular complexity index is 1180. The van der Waals surface area contributed by atoms with Gasteiger partial charge in [0.05, 0.1) is 18.2 Å². The second-order valence-electron chi connectivity index (χ2n) is 9.31. The molecule has 0 unspecified atom stereocenters. The SMILES string of the molecule is Cn1cc(CC(=O)O)c(-c2ccc(OC3CCCC3)c(-c3cccc(F)c3C3CCC3)c2)n1. The Kier molecular flexibility index (Phi) is 5.92. The molecule has 2 aliphatic carbocycles. The normalized spacial score (nSPS) is 16.7. The minimum atomic E-state index is -0.900. The average Bonchev–Trinajstić information content (AvgIpc) is 3.37. The largest absolute Gasteiger partial charge is 0.490 e. The maximum absolute atomic E-state index is 15.1. The van der Waals surface area contributed by atoms with Gasteiger partial charge in [0.1, 0.15) is 11.6 Å². The van der Waals surface area contributed by atoms with Crippen molar-refractivity contribution in [3.63, 3.8) is 0 Å². The minimum Gasteiger partial charge on any atom is -0.490 e. The highest BCUT2D eigenvalue weighted by Crippen LogP contribution is 2.46. The van der Waals surface area contributed by atoms with Crippen LogP contribution in [0.4, 0.5) is 4.39 Å². The number of aromatic nitrogens is 2. The quantitative estimate of drug-likeness (QED) is 0.474. The highest BCUT2D eigenvalue weighted by molar-refractivity contribution is 5.81. The van der Waals surface area contributed by atoms with Gasteiger partial charge in [0.2, 0.25) is 0 Å². The molecule has 2 aliphatic rings. The molecule has 2 fully saturated rings. The monoisotopic (exact) mass is 448 g/mol. The van der Waals surface area contributed by atoms with Crippen LogP contribution in [0.25, 0.3) is 22.4 Å². The van der Waals surface area contributed by atoms with Crippen molar-refractivity contribution in [2.24, 2.45) is 7.05 Å². The molecule has 3 aromatic rings. The second kappa shape index (κ2) is 9.00. The zero-order valence-corrected chi connectivity index (χ0v) is 18.9. The van der Waals surface area contributed by atoms with Crippen LogP contribution in [0.1, 0.15) is 62.0 Å². The van der Waals surface area contributed by atoms with Crippen molar-refractivity contribution in [3.05, 3.63) is 59.5 Å². The van der Waals surface area contributed by atoms with E-state index in [1.165, 1.54) is 0 Å². The zero-order valence-electron chi connectivity index (χ0n) is 18.9. The molecule has 0 radical (unpaired) electrons. The van der Waals surface area contributed by atoms with Gasteiger partial charge in [-0.2, -0.15) is 5.10 Å². The molecule has 0 bridgehead atoms. The van der Waals surface area contributed by atoms with Gasteiger partial charge in [-0.3, -0.25) is 9.48 Å². The van der Waals surface area contributed by atoms with Crippen LogP contribution in [0.3, 0.4) is 0 Å². The Morgan fingerprint density at radius 2 is 1.91 bits per heavy atom. The molecular formula is C27H29FN2O3. The first-order valence-electron chi connectivity index (χ1n) is 11.8. The van der Waals surface area contributed by atoms with E-state index in [0.29, 0.717) is 11.3 Å². The number of rotatable bonds is 7. The molecule has 1 aromatic heterocycles. The minimum absolute atomic E-state index is 0.105. The topological polar surface area (TPSA) is 64.4 Å². The summed E-state index contributed by atoms with van der Waals surface area (Å²) in [6.45, 7) is 0. The van der Waals surface area contributed by atoms with Crippen LogP contribution in [0.5, 0.6) is 5.75 Å². The number of halogens is 1. The average molecular weight is 449 g/mol. The molecule has 5 rings (SSSR count). The molecule has 0 spiro atoms. The third kappa shape index (κ3) is 4.39. The number of ether oxygens (including phenoxy) is 1. The van der Waals surface area contributed by atoms with E-state index in [1.807, 2.05) is 24.3 Å². The third-order valence-electron chi connectivity index (χ3n) is 6.95. The van der Waals surface area contributed by atoms with Gasteiger partial charge in [0.15, 0.2) is 0 Å². The van der Waals surface area contributed by atoms with Crippen molar-refractivity contribution >= 4 is 5.97 Å². The van der Waals surface area contributed by atoms with Gasteiger partial charge in [-0.25, -0.2) is 4.39 Å². The van der Waals surface area contributed by atoms with Gasteiger partial charge in [0, 0.05) is 29.9 Å². The number of aryl methyl sites for hydroxylation is 1. The lowest BCUT2D eigenvalue weighted by atomic mass is 9.76. The number of carbonyl (C=O) groups is 1. The number of benzene rings is 2. The van der Waals surface area contributed by atoms with E-state index in [4.69, 9.17) is 4.74 Å². The van der Waals surface area contributed by atoms with E-state index in [2.05, 4.69) is 5.10 Å². The lowest BCUT2D eigenvalue weighted by Gasteiger charge is -2.29. The number of aliphatic carboxylic acids is 1. The molecule has 33 heavy (non-hydrogen) atoms. The molecule has 1 heterocycles. The lowest BCUT2D eigenvalue weighted by Crippen LogP contribution is -2.14. The van der Waals surface area contributed by atoms with Gasteiger partial charge >= 0.3 is 5.97 Å². The van der Waals surface area contributed by atoms with E-state index >= 15 is 4.39 Å². The van der Waals surface area contributed by atoms with E-state index in [9.17, 15) is 9.90 Å². The van der Waals surface area contributed by atoms with E-state index in [1.54, 1.807) is 30.1 Å². The number of nitrogens with zero attached hydrogens (tertiary/aromatic N) is 2. The molecule has 1 N–H and O–H groups in total. The predicted molar refractivity (Wildman–Crippen MR) is 125 cm³/mol. The molecule has 172 valence electrons. The molecule has 6 heteroatoms. The maximum atomic E-state index is 15.1. The van der Waals surface area contributed by atoms with E-state index in [-0.39, 0.29) is 24.3 Å². The van der Waals surface area contributed by atoms with Crippen molar-refractivity contribution in [2.45, 2.75) is 63.4 Å². The summed E-state index contributed by atoms with van der Waals surface area (Å²) >= 11 is 0. The van der Waals surface area contributed by atoms with E-state index < -0.39 is 5.97 Å². The number of hydrogen-bond acceptors (Lipinski definition) is 3. The third-order valence-corrected chi connectivity index (χ3v) is 6.95. The van der Waals surface area contributed by atoms with Gasteiger partial charge in [-0.05, 0) is 79.8 Å². The van der Waals surface area contributed by atoms with E-state index in [0.717, 1.165) is 72.9 Å². The van der Waals surface area contributed by atoms with Crippen LogP contribution >= 0.6 is 0 Å². The molecular weight excluding hydrogens is 419 g/mol. The fraction of sp³-hybridized carbons (Fsp3) is 0.407. The number of carboxylic acid groups (broad SMARTS) is 1. The maximum Gasteiger partial charge on any atom is 0.307 e. The molecule has 0 amide bonds. The highest BCUT2D eigenvalue weighted by Gasteiger charge is 2.28. The van der Waals surface area contributed by atoms with Crippen molar-refractivity contribution in [2.75, 3.05) is 0 Å². The molecule has 2 saturated carbocycles. The van der Waals surface area contributed by atoms with Crippen molar-refractivity contribution in [3.8, 4) is 28.1 Å². The van der Waals surface area contributed by atoms with Crippen LogP contribution in [-0.4, -0.2) is 27.0 Å². The van der Waals surface area contributed by atoms with Gasteiger partial charge in [0.25, 0.3) is 0 Å². The fourth-order valence-electron chi connectivity index (χ4n) is 5.13. The Morgan fingerprint density at radius 3 is 2.61 bits per heavy atom. The molecule has 0 aliphatic heterocycles. The zero-order chi connectivity index (χ0) is 22.9. The van der Waals surface area contributed by atoms with Gasteiger partial charge in [-0.1, -0.05) is 18.6 Å². The van der Waals surface area contributed by atoms with Gasteiger partial charge in [-0.15, -0.1) is 0 Å². The van der Waals surface area contributed by atoms with Crippen LogP contribution in [0, 0.1) is 5.82 Å². The summed E-state index contributed by atoms with van der Waals surface area (Å²) in [4.78, 5) is 11.4. The summed E-state index contributed by atoms with van der Waals surface area (Å²) in [6, 6.07) is 11.2. The number of hydrogen-bond donors (Lipinski definition) is 1.